The molecule has 0 aromatic heterocycles. The van der Waals surface area contributed by atoms with Gasteiger partial charge in [0.15, 0.2) is 0 Å². The molecule has 1 heterocycles. The molecule has 150 valence electrons. The van der Waals surface area contributed by atoms with E-state index in [1.165, 1.54) is 0 Å². The second-order valence-electron chi connectivity index (χ2n) is 6.57. The number of hydrogen-bond donors (Lipinski definition) is 1. The van der Waals surface area contributed by atoms with Crippen LogP contribution in [-0.4, -0.2) is 50.4 Å². The van der Waals surface area contributed by atoms with Crippen LogP contribution < -0.4 is 14.8 Å². The topological polar surface area (TPSA) is 60.0 Å². The molecule has 1 N–H and O–H groups in total. The zero-order chi connectivity index (χ0) is 19.8. The summed E-state index contributed by atoms with van der Waals surface area (Å²) in [5.41, 5.74) is 0.978. The summed E-state index contributed by atoms with van der Waals surface area (Å²) in [7, 11) is 1.60. The van der Waals surface area contributed by atoms with Gasteiger partial charge in [-0.1, -0.05) is 41.9 Å². The summed E-state index contributed by atoms with van der Waals surface area (Å²) in [6, 6.07) is 15.1. The molecule has 7 heteroatoms. The molecular formula is C21H25ClN2O4. The number of ether oxygens (including phenoxy) is 3. The molecule has 0 saturated carbocycles. The Bertz CT molecular complexity index is 772. The van der Waals surface area contributed by atoms with Gasteiger partial charge < -0.3 is 24.4 Å². The average Bonchev–Trinajstić information content (AvgIpc) is 2.74. The number of carbonyl (C=O) groups excluding carboxylic acids is 1. The minimum absolute atomic E-state index is 0.141. The highest BCUT2D eigenvalue weighted by atomic mass is 35.5. The van der Waals surface area contributed by atoms with E-state index in [1.807, 2.05) is 30.3 Å². The maximum atomic E-state index is 12.3. The molecule has 0 bridgehead atoms. The van der Waals surface area contributed by atoms with Crippen molar-refractivity contribution in [1.82, 2.24) is 10.2 Å². The van der Waals surface area contributed by atoms with Crippen LogP contribution in [0, 0.1) is 0 Å². The van der Waals surface area contributed by atoms with Crippen LogP contribution in [-0.2, 0) is 11.3 Å². The fourth-order valence-electron chi connectivity index (χ4n) is 3.03. The molecule has 3 rings (SSSR count). The zero-order valence-electron chi connectivity index (χ0n) is 15.9. The van der Waals surface area contributed by atoms with E-state index in [-0.39, 0.29) is 18.7 Å². The van der Waals surface area contributed by atoms with Crippen molar-refractivity contribution in [2.24, 2.45) is 0 Å². The number of amides is 1. The zero-order valence-corrected chi connectivity index (χ0v) is 16.7. The van der Waals surface area contributed by atoms with Gasteiger partial charge in [0, 0.05) is 31.7 Å². The number of methoxy groups -OCH3 is 1. The van der Waals surface area contributed by atoms with Crippen LogP contribution in [0.5, 0.6) is 11.5 Å². The highest BCUT2D eigenvalue weighted by molar-refractivity contribution is 6.32. The van der Waals surface area contributed by atoms with Gasteiger partial charge in [0.1, 0.15) is 18.1 Å². The van der Waals surface area contributed by atoms with Gasteiger partial charge in [-0.05, 0) is 24.1 Å². The van der Waals surface area contributed by atoms with Crippen LogP contribution in [0.3, 0.4) is 0 Å². The maximum absolute atomic E-state index is 12.3. The molecule has 0 unspecified atom stereocenters. The summed E-state index contributed by atoms with van der Waals surface area (Å²) in [6.07, 6.45) is 0.461. The van der Waals surface area contributed by atoms with Crippen LogP contribution in [0.1, 0.15) is 12.0 Å². The van der Waals surface area contributed by atoms with Gasteiger partial charge >= 0.3 is 6.09 Å². The predicted octanol–water partition coefficient (Wildman–Crippen LogP) is 3.73. The van der Waals surface area contributed by atoms with Gasteiger partial charge in [-0.25, -0.2) is 4.79 Å². The molecular weight excluding hydrogens is 380 g/mol. The molecule has 1 aliphatic heterocycles. The lowest BCUT2D eigenvalue weighted by molar-refractivity contribution is 0.0827. The lowest BCUT2D eigenvalue weighted by Gasteiger charge is -2.33. The van der Waals surface area contributed by atoms with Crippen molar-refractivity contribution in [3.8, 4) is 11.5 Å². The van der Waals surface area contributed by atoms with Crippen LogP contribution in [0.4, 0.5) is 4.79 Å². The molecule has 1 aliphatic rings. The van der Waals surface area contributed by atoms with Crippen LogP contribution in [0.25, 0.3) is 0 Å². The van der Waals surface area contributed by atoms with Gasteiger partial charge in [0.2, 0.25) is 0 Å². The monoisotopic (exact) mass is 404 g/mol. The van der Waals surface area contributed by atoms with Crippen LogP contribution in [0.15, 0.2) is 48.5 Å². The third kappa shape index (κ3) is 5.78. The van der Waals surface area contributed by atoms with E-state index in [2.05, 4.69) is 5.32 Å². The molecule has 1 fully saturated rings. The van der Waals surface area contributed by atoms with E-state index in [0.29, 0.717) is 36.2 Å². The quantitative estimate of drug-likeness (QED) is 0.762. The minimum Gasteiger partial charge on any atom is -0.497 e. The normalized spacial score (nSPS) is 16.5. The molecule has 28 heavy (non-hydrogen) atoms. The van der Waals surface area contributed by atoms with E-state index in [4.69, 9.17) is 25.8 Å². The first kappa shape index (κ1) is 20.3. The summed E-state index contributed by atoms with van der Waals surface area (Å²) >= 11 is 6.16. The Balaban J connectivity index is 1.44. The average molecular weight is 405 g/mol. The largest absolute Gasteiger partial charge is 0.497 e. The fraction of sp³-hybridized carbons (Fsp3) is 0.381. The van der Waals surface area contributed by atoms with Crippen molar-refractivity contribution in [2.75, 3.05) is 33.4 Å². The van der Waals surface area contributed by atoms with Crippen LogP contribution >= 0.6 is 11.6 Å². The van der Waals surface area contributed by atoms with E-state index in [1.54, 1.807) is 30.2 Å². The third-order valence-corrected chi connectivity index (χ3v) is 4.89. The van der Waals surface area contributed by atoms with Gasteiger partial charge in [-0.3, -0.25) is 0 Å². The van der Waals surface area contributed by atoms with Crippen LogP contribution in [0.2, 0.25) is 5.02 Å². The Morgan fingerprint density at radius 1 is 1.25 bits per heavy atom. The van der Waals surface area contributed by atoms with E-state index in [0.717, 1.165) is 18.5 Å². The summed E-state index contributed by atoms with van der Waals surface area (Å²) in [4.78, 5) is 14.1. The minimum atomic E-state index is -0.285. The predicted molar refractivity (Wildman–Crippen MR) is 108 cm³/mol. The molecule has 1 saturated heterocycles. The van der Waals surface area contributed by atoms with Crippen molar-refractivity contribution in [1.29, 1.82) is 0 Å². The smallest absolute Gasteiger partial charge is 0.410 e. The number of halogens is 1. The molecule has 2 aromatic rings. The molecule has 0 aliphatic carbocycles. The summed E-state index contributed by atoms with van der Waals surface area (Å²) in [5, 5.41) is 3.96. The van der Waals surface area contributed by atoms with Gasteiger partial charge in [-0.2, -0.15) is 0 Å². The Morgan fingerprint density at radius 3 is 2.86 bits per heavy atom. The number of nitrogens with one attached hydrogen (secondary N) is 1. The number of carbonyl (C=O) groups is 1. The number of piperazine rings is 1. The second-order valence-corrected chi connectivity index (χ2v) is 6.98. The first-order valence-electron chi connectivity index (χ1n) is 9.31. The second kappa shape index (κ2) is 10.2. The number of benzene rings is 2. The Labute approximate surface area is 170 Å². The molecule has 6 nitrogen and oxygen atoms in total. The van der Waals surface area contributed by atoms with Crippen molar-refractivity contribution < 1.29 is 19.0 Å². The first-order valence-corrected chi connectivity index (χ1v) is 9.69. The molecule has 2 aromatic carbocycles. The van der Waals surface area contributed by atoms with Gasteiger partial charge in [0.25, 0.3) is 0 Å². The summed E-state index contributed by atoms with van der Waals surface area (Å²) < 4.78 is 16.4. The first-order chi connectivity index (χ1) is 13.7. The van der Waals surface area contributed by atoms with Crippen molar-refractivity contribution in [2.45, 2.75) is 19.1 Å². The molecule has 0 radical (unpaired) electrons. The molecule has 1 atom stereocenters. The number of hydrogen-bond acceptors (Lipinski definition) is 5. The van der Waals surface area contributed by atoms with Crippen molar-refractivity contribution >= 4 is 17.7 Å². The Morgan fingerprint density at radius 2 is 2.07 bits per heavy atom. The highest BCUT2D eigenvalue weighted by Gasteiger charge is 2.24. The van der Waals surface area contributed by atoms with Gasteiger partial charge in [0.05, 0.1) is 18.7 Å². The highest BCUT2D eigenvalue weighted by Crippen LogP contribution is 2.29. The SMILES string of the molecule is COc1ccc(Cl)c(OCC[C@@H]2CN(C(=O)OCc3ccccc3)CCN2)c1. The van der Waals surface area contributed by atoms with E-state index < -0.39 is 0 Å². The van der Waals surface area contributed by atoms with Crippen molar-refractivity contribution in [3.63, 3.8) is 0 Å². The van der Waals surface area contributed by atoms with E-state index >= 15 is 0 Å². The Hall–Kier alpha value is -2.44. The number of nitrogens with zero attached hydrogens (tertiary/aromatic N) is 1. The summed E-state index contributed by atoms with van der Waals surface area (Å²) in [5.74, 6) is 1.29. The third-order valence-electron chi connectivity index (χ3n) is 4.58. The standard InChI is InChI=1S/C21H25ClN2O4/c1-26-18-7-8-19(22)20(13-18)27-12-9-17-14-24(11-10-23-17)21(25)28-15-16-5-3-2-4-6-16/h2-8,13,17,23H,9-12,14-15H2,1H3/t17-/m1/s1. The lowest BCUT2D eigenvalue weighted by atomic mass is 10.1. The summed E-state index contributed by atoms with van der Waals surface area (Å²) in [6.45, 7) is 2.71. The Kier molecular flexibility index (Phi) is 7.39. The number of rotatable bonds is 7. The molecule has 1 amide bonds. The molecule has 0 spiro atoms. The maximum Gasteiger partial charge on any atom is 0.410 e. The van der Waals surface area contributed by atoms with Gasteiger partial charge in [-0.15, -0.1) is 0 Å². The fourth-order valence-corrected chi connectivity index (χ4v) is 3.20. The van der Waals surface area contributed by atoms with E-state index in [9.17, 15) is 4.79 Å². The lowest BCUT2D eigenvalue weighted by Crippen LogP contribution is -2.53. The van der Waals surface area contributed by atoms with Crippen molar-refractivity contribution in [3.05, 3.63) is 59.1 Å².